The van der Waals surface area contributed by atoms with Gasteiger partial charge in [-0.05, 0) is 43.0 Å². The summed E-state index contributed by atoms with van der Waals surface area (Å²) in [6.45, 7) is 1.31. The van der Waals surface area contributed by atoms with E-state index in [4.69, 9.17) is 0 Å². The summed E-state index contributed by atoms with van der Waals surface area (Å²) in [5.74, 6) is 0.103. The molecule has 0 spiro atoms. The van der Waals surface area contributed by atoms with Crippen LogP contribution in [-0.2, 0) is 11.2 Å². The fraction of sp³-hybridized carbons (Fsp3) is 0.474. The Hall–Kier alpha value is -2.22. The average molecular weight is 354 g/mol. The predicted molar refractivity (Wildman–Crippen MR) is 95.6 cm³/mol. The van der Waals surface area contributed by atoms with Crippen molar-refractivity contribution in [3.63, 3.8) is 0 Å². The van der Waals surface area contributed by atoms with Gasteiger partial charge in [0.05, 0.1) is 0 Å². The number of likely N-dealkylation sites (N-methyl/N-ethyl adjacent to an activating group) is 1. The molecule has 1 aromatic heterocycles. The first kappa shape index (κ1) is 16.0. The molecule has 7 heteroatoms. The van der Waals surface area contributed by atoms with Gasteiger partial charge in [-0.25, -0.2) is 14.7 Å². The Bertz CT molecular complexity index is 907. The molecule has 5 rings (SSSR count). The van der Waals surface area contributed by atoms with Crippen molar-refractivity contribution in [2.75, 3.05) is 26.7 Å². The number of fused-ring (bicyclic) bond motifs is 2. The standard InChI is InChI=1S/C19H22N4O3/c1-21-8-11(9-22-10-17(24)23(26)19(22)25)5-14-13-3-2-4-15-18(13)12(7-20-15)6-16(14)21/h2-4,7,11,14,16,20,23H,5-6,8-10H2,1H3/t11-,14?,16-/m1/s1. The number of quaternary nitrogens is 1. The molecular weight excluding hydrogens is 332 g/mol. The van der Waals surface area contributed by atoms with Gasteiger partial charge in [-0.15, -0.1) is 0 Å². The number of H-pyrrole nitrogens is 1. The fourth-order valence-electron chi connectivity index (χ4n) is 5.23. The van der Waals surface area contributed by atoms with Gasteiger partial charge < -0.3 is 15.1 Å². The van der Waals surface area contributed by atoms with Gasteiger partial charge in [-0.3, -0.25) is 4.90 Å². The molecule has 3 amide bonds. The number of rotatable bonds is 2. The maximum atomic E-state index is 12.0. The van der Waals surface area contributed by atoms with E-state index in [1.807, 2.05) is 0 Å². The lowest BCUT2D eigenvalue weighted by molar-refractivity contribution is -0.665. The number of amides is 3. The van der Waals surface area contributed by atoms with Gasteiger partial charge in [-0.2, -0.15) is 0 Å². The number of aromatic amines is 1. The van der Waals surface area contributed by atoms with Crippen LogP contribution in [0, 0.1) is 11.1 Å². The molecule has 26 heavy (non-hydrogen) atoms. The first-order valence-corrected chi connectivity index (χ1v) is 9.18. The van der Waals surface area contributed by atoms with Crippen molar-refractivity contribution >= 4 is 22.8 Å². The molecule has 2 saturated heterocycles. The topological polar surface area (TPSA) is 83.9 Å². The van der Waals surface area contributed by atoms with Crippen molar-refractivity contribution in [3.05, 3.63) is 40.7 Å². The number of hydrogen-bond acceptors (Lipinski definition) is 4. The van der Waals surface area contributed by atoms with Crippen LogP contribution in [0.15, 0.2) is 24.4 Å². The number of hydrogen-bond donors (Lipinski definition) is 2. The summed E-state index contributed by atoms with van der Waals surface area (Å²) in [4.78, 5) is 30.7. The zero-order valence-corrected chi connectivity index (χ0v) is 14.7. The second-order valence-corrected chi connectivity index (χ2v) is 7.94. The summed E-state index contributed by atoms with van der Waals surface area (Å²) in [5, 5.41) is 12.0. The van der Waals surface area contributed by atoms with E-state index in [2.05, 4.69) is 41.3 Å². The van der Waals surface area contributed by atoms with Crippen molar-refractivity contribution in [1.82, 2.24) is 14.8 Å². The molecule has 3 aliphatic rings. The summed E-state index contributed by atoms with van der Waals surface area (Å²) < 4.78 is 0. The van der Waals surface area contributed by atoms with E-state index >= 15 is 0 Å². The largest absolute Gasteiger partial charge is 0.618 e. The SMILES string of the molecule is CN1C[C@H](CN2CC(=O)[NH+]([O-])C2=O)CC2c3cccc4[nH]cc(c34)C[C@H]21. The van der Waals surface area contributed by atoms with Gasteiger partial charge in [0.1, 0.15) is 6.54 Å². The van der Waals surface area contributed by atoms with Crippen molar-refractivity contribution < 1.29 is 14.7 Å². The lowest BCUT2D eigenvalue weighted by Gasteiger charge is -2.46. The van der Waals surface area contributed by atoms with Crippen LogP contribution >= 0.6 is 0 Å². The molecular formula is C19H22N4O3. The summed E-state index contributed by atoms with van der Waals surface area (Å²) in [5.41, 5.74) is 3.95. The molecule has 3 heterocycles. The van der Waals surface area contributed by atoms with Crippen molar-refractivity contribution in [3.8, 4) is 0 Å². The summed E-state index contributed by atoms with van der Waals surface area (Å²) in [6.07, 6.45) is 4.14. The molecule has 136 valence electrons. The van der Waals surface area contributed by atoms with Gasteiger partial charge in [0, 0.05) is 42.1 Å². The highest BCUT2D eigenvalue weighted by atomic mass is 16.5. The van der Waals surface area contributed by atoms with E-state index in [0.29, 0.717) is 18.5 Å². The third-order valence-corrected chi connectivity index (χ3v) is 6.36. The number of piperidine rings is 1. The number of aromatic nitrogens is 1. The minimum atomic E-state index is -0.855. The van der Waals surface area contributed by atoms with Crippen LogP contribution in [0.1, 0.15) is 23.5 Å². The van der Waals surface area contributed by atoms with Crippen LogP contribution in [0.3, 0.4) is 0 Å². The highest BCUT2D eigenvalue weighted by Crippen LogP contribution is 2.44. The van der Waals surface area contributed by atoms with Crippen molar-refractivity contribution in [2.24, 2.45) is 5.92 Å². The second-order valence-electron chi connectivity index (χ2n) is 7.94. The van der Waals surface area contributed by atoms with E-state index in [1.54, 1.807) is 0 Å². The van der Waals surface area contributed by atoms with Crippen LogP contribution < -0.4 is 5.06 Å². The lowest BCUT2D eigenvalue weighted by Crippen LogP contribution is -3.10. The molecule has 0 bridgehead atoms. The van der Waals surface area contributed by atoms with Gasteiger partial charge in [0.15, 0.2) is 0 Å². The molecule has 4 atom stereocenters. The number of nitrogens with one attached hydrogen (secondary N) is 2. The summed E-state index contributed by atoms with van der Waals surface area (Å²) in [7, 11) is 2.14. The van der Waals surface area contributed by atoms with Gasteiger partial charge in [0.25, 0.3) is 0 Å². The smallest absolute Gasteiger partial charge is 0.425 e. The van der Waals surface area contributed by atoms with E-state index in [0.717, 1.165) is 19.4 Å². The number of imide groups is 1. The predicted octanol–water partition coefficient (Wildman–Crippen LogP) is 0.473. The van der Waals surface area contributed by atoms with Crippen LogP contribution in [0.2, 0.25) is 0 Å². The van der Waals surface area contributed by atoms with E-state index in [-0.39, 0.29) is 12.5 Å². The number of nitrogens with zero attached hydrogens (tertiary/aromatic N) is 2. The first-order valence-electron chi connectivity index (χ1n) is 9.18. The number of hydroxylamine groups is 2. The third kappa shape index (κ3) is 2.24. The number of carbonyl (C=O) groups is 2. The molecule has 1 aromatic carbocycles. The van der Waals surface area contributed by atoms with Gasteiger partial charge in [-0.1, -0.05) is 12.1 Å². The molecule has 2 N–H and O–H groups in total. The monoisotopic (exact) mass is 354 g/mol. The van der Waals surface area contributed by atoms with Crippen molar-refractivity contribution in [2.45, 2.75) is 24.8 Å². The quantitative estimate of drug-likeness (QED) is 0.607. The van der Waals surface area contributed by atoms with Crippen LogP contribution in [0.4, 0.5) is 4.79 Å². The molecule has 7 nitrogen and oxygen atoms in total. The molecule has 2 unspecified atom stereocenters. The second kappa shape index (κ2) is 5.64. The lowest BCUT2D eigenvalue weighted by atomic mass is 9.72. The molecule has 1 aliphatic carbocycles. The van der Waals surface area contributed by atoms with E-state index in [1.165, 1.54) is 26.9 Å². The minimum Gasteiger partial charge on any atom is -0.618 e. The highest BCUT2D eigenvalue weighted by Gasteiger charge is 2.43. The number of likely N-dealkylation sites (tertiary alicyclic amines) is 1. The maximum absolute atomic E-state index is 12.0. The number of carbonyl (C=O) groups excluding carboxylic acids is 2. The number of benzene rings is 1. The normalized spacial score (nSPS) is 31.7. The van der Waals surface area contributed by atoms with Gasteiger partial charge in [0.2, 0.25) is 0 Å². The van der Waals surface area contributed by atoms with Crippen LogP contribution in [-0.4, -0.2) is 59.4 Å². The Balaban J connectivity index is 1.43. The summed E-state index contributed by atoms with van der Waals surface area (Å²) in [6, 6.07) is 6.27. The fourth-order valence-corrected chi connectivity index (χ4v) is 5.23. The molecule has 2 fully saturated rings. The zero-order valence-electron chi connectivity index (χ0n) is 14.7. The van der Waals surface area contributed by atoms with Crippen molar-refractivity contribution in [1.29, 1.82) is 0 Å². The third-order valence-electron chi connectivity index (χ3n) is 6.36. The van der Waals surface area contributed by atoms with E-state index in [9.17, 15) is 14.8 Å². The minimum absolute atomic E-state index is 0.0521. The molecule has 2 aliphatic heterocycles. The van der Waals surface area contributed by atoms with E-state index < -0.39 is 17.0 Å². The Morgan fingerprint density at radius 3 is 2.96 bits per heavy atom. The Morgan fingerprint density at radius 2 is 2.19 bits per heavy atom. The summed E-state index contributed by atoms with van der Waals surface area (Å²) >= 11 is 0. The zero-order chi connectivity index (χ0) is 18.0. The average Bonchev–Trinajstić information content (AvgIpc) is 3.14. The Kier molecular flexibility index (Phi) is 3.47. The number of urea groups is 1. The highest BCUT2D eigenvalue weighted by molar-refractivity contribution is 5.89. The molecule has 0 saturated carbocycles. The first-order chi connectivity index (χ1) is 12.5. The van der Waals surface area contributed by atoms with Gasteiger partial charge >= 0.3 is 11.9 Å². The Morgan fingerprint density at radius 1 is 1.35 bits per heavy atom. The Labute approximate surface area is 151 Å². The van der Waals surface area contributed by atoms with Crippen LogP contribution in [0.5, 0.6) is 0 Å². The molecule has 2 aromatic rings. The van der Waals surface area contributed by atoms with Crippen LogP contribution in [0.25, 0.3) is 10.9 Å². The maximum Gasteiger partial charge on any atom is 0.425 e. The molecule has 0 radical (unpaired) electrons.